The Morgan fingerprint density at radius 3 is 2.61 bits per heavy atom. The molecule has 1 heterocycles. The molecule has 1 saturated carbocycles. The van der Waals surface area contributed by atoms with E-state index in [4.69, 9.17) is 11.6 Å². The van der Waals surface area contributed by atoms with Crippen LogP contribution in [0.25, 0.3) is 0 Å². The van der Waals surface area contributed by atoms with Gasteiger partial charge in [0.05, 0.1) is 4.47 Å². The largest absolute Gasteiger partial charge is 0.369 e. The number of halogens is 3. The first kappa shape index (κ1) is 14.6. The Balaban J connectivity index is 2.01. The molecule has 2 rings (SSSR count). The van der Waals surface area contributed by atoms with Crippen molar-refractivity contribution in [1.82, 2.24) is 4.98 Å². The summed E-state index contributed by atoms with van der Waals surface area (Å²) < 4.78 is 1.96. The predicted octanol–water partition coefficient (Wildman–Crippen LogP) is 5.21. The second-order valence-corrected chi connectivity index (χ2v) is 7.07. The molecule has 1 aromatic rings. The molecule has 1 aliphatic carbocycles. The molecule has 5 heteroatoms. The third-order valence-corrected chi connectivity index (χ3v) is 5.24. The van der Waals surface area contributed by atoms with Crippen molar-refractivity contribution in [3.05, 3.63) is 21.2 Å². The van der Waals surface area contributed by atoms with Gasteiger partial charge in [0, 0.05) is 28.5 Å². The van der Waals surface area contributed by atoms with Gasteiger partial charge in [-0.3, -0.25) is 0 Å². The third-order valence-electron chi connectivity index (χ3n) is 3.64. The van der Waals surface area contributed by atoms with Gasteiger partial charge < -0.3 is 5.32 Å². The van der Waals surface area contributed by atoms with Crippen LogP contribution >= 0.6 is 43.5 Å². The number of pyridine rings is 1. The Labute approximate surface area is 130 Å². The van der Waals surface area contributed by atoms with Crippen LogP contribution in [-0.4, -0.2) is 17.4 Å². The van der Waals surface area contributed by atoms with Crippen molar-refractivity contribution in [1.29, 1.82) is 0 Å². The molecule has 2 nitrogen and oxygen atoms in total. The van der Waals surface area contributed by atoms with Gasteiger partial charge in [-0.1, -0.05) is 19.3 Å². The Morgan fingerprint density at radius 1 is 1.28 bits per heavy atom. The molecule has 1 N–H and O–H groups in total. The first-order valence-electron chi connectivity index (χ1n) is 6.26. The van der Waals surface area contributed by atoms with E-state index in [1.807, 2.05) is 6.07 Å². The number of rotatable bonds is 4. The van der Waals surface area contributed by atoms with E-state index in [2.05, 4.69) is 42.2 Å². The lowest BCUT2D eigenvalue weighted by molar-refractivity contribution is 0.238. The smallest absolute Gasteiger partial charge is 0.140 e. The average molecular weight is 397 g/mol. The zero-order chi connectivity index (χ0) is 13.0. The number of hydrogen-bond acceptors (Lipinski definition) is 2. The van der Waals surface area contributed by atoms with Crippen molar-refractivity contribution in [2.75, 3.05) is 17.7 Å². The second-order valence-electron chi connectivity index (χ2n) is 5.03. The number of hydrogen-bond donors (Lipinski definition) is 1. The van der Waals surface area contributed by atoms with Crippen molar-refractivity contribution in [3.8, 4) is 0 Å². The fraction of sp³-hybridized carbons (Fsp3) is 0.615. The summed E-state index contributed by atoms with van der Waals surface area (Å²) in [5, 5.41) is 3.44. The Hall–Kier alpha value is 0.200. The maximum Gasteiger partial charge on any atom is 0.140 e. The molecular weight excluding hydrogens is 379 g/mol. The zero-order valence-corrected chi connectivity index (χ0v) is 14.1. The first-order chi connectivity index (χ1) is 8.65. The fourth-order valence-corrected chi connectivity index (χ4v) is 3.96. The lowest BCUT2D eigenvalue weighted by Crippen LogP contribution is -2.34. The SMILES string of the molecule is ClCC1(CNc2ncc(Br)cc2Br)CCCCC1. The van der Waals surface area contributed by atoms with Crippen LogP contribution in [0.2, 0.25) is 0 Å². The zero-order valence-electron chi connectivity index (χ0n) is 10.2. The summed E-state index contributed by atoms with van der Waals surface area (Å²) in [5.74, 6) is 1.63. The lowest BCUT2D eigenvalue weighted by atomic mass is 9.75. The molecule has 18 heavy (non-hydrogen) atoms. The van der Waals surface area contributed by atoms with Gasteiger partial charge in [0.1, 0.15) is 5.82 Å². The van der Waals surface area contributed by atoms with Gasteiger partial charge in [-0.15, -0.1) is 11.6 Å². The maximum atomic E-state index is 6.19. The molecule has 1 aromatic heterocycles. The number of anilines is 1. The van der Waals surface area contributed by atoms with Gasteiger partial charge in [0.2, 0.25) is 0 Å². The highest BCUT2D eigenvalue weighted by Crippen LogP contribution is 2.38. The molecule has 1 fully saturated rings. The van der Waals surface area contributed by atoms with E-state index in [-0.39, 0.29) is 5.41 Å². The minimum absolute atomic E-state index is 0.244. The molecule has 0 spiro atoms. The van der Waals surface area contributed by atoms with E-state index in [0.29, 0.717) is 0 Å². The second kappa shape index (κ2) is 6.58. The normalized spacial score (nSPS) is 18.6. The topological polar surface area (TPSA) is 24.9 Å². The Bertz CT molecular complexity index is 406. The number of nitrogens with one attached hydrogen (secondary N) is 1. The van der Waals surface area contributed by atoms with Gasteiger partial charge in [-0.05, 0) is 50.8 Å². The molecule has 0 aromatic carbocycles. The molecule has 0 saturated heterocycles. The summed E-state index contributed by atoms with van der Waals surface area (Å²) in [6, 6.07) is 2.00. The van der Waals surface area contributed by atoms with Crippen LogP contribution in [0.4, 0.5) is 5.82 Å². The van der Waals surface area contributed by atoms with Gasteiger partial charge in [0.25, 0.3) is 0 Å². The number of nitrogens with zero attached hydrogens (tertiary/aromatic N) is 1. The van der Waals surface area contributed by atoms with Crippen molar-refractivity contribution in [2.24, 2.45) is 5.41 Å². The molecule has 0 radical (unpaired) electrons. The van der Waals surface area contributed by atoms with Crippen molar-refractivity contribution in [2.45, 2.75) is 32.1 Å². The van der Waals surface area contributed by atoms with E-state index in [0.717, 1.165) is 27.2 Å². The van der Waals surface area contributed by atoms with Gasteiger partial charge in [0.15, 0.2) is 0 Å². The van der Waals surface area contributed by atoms with Crippen molar-refractivity contribution in [3.63, 3.8) is 0 Å². The van der Waals surface area contributed by atoms with Crippen LogP contribution in [-0.2, 0) is 0 Å². The third kappa shape index (κ3) is 3.61. The summed E-state index contributed by atoms with van der Waals surface area (Å²) in [4.78, 5) is 4.38. The standard InChI is InChI=1S/C13H17Br2ClN2/c14-10-6-11(15)12(17-7-10)18-9-13(8-16)4-2-1-3-5-13/h6-7H,1-5,8-9H2,(H,17,18). The van der Waals surface area contributed by atoms with E-state index < -0.39 is 0 Å². The summed E-state index contributed by atoms with van der Waals surface area (Å²) in [6.45, 7) is 0.906. The molecule has 1 aliphatic rings. The minimum Gasteiger partial charge on any atom is -0.369 e. The molecular formula is C13H17Br2ClN2. The van der Waals surface area contributed by atoms with Crippen LogP contribution in [0.3, 0.4) is 0 Å². The molecule has 0 unspecified atom stereocenters. The van der Waals surface area contributed by atoms with E-state index in [1.165, 1.54) is 32.1 Å². The molecule has 100 valence electrons. The Morgan fingerprint density at radius 2 is 2.00 bits per heavy atom. The maximum absolute atomic E-state index is 6.19. The lowest BCUT2D eigenvalue weighted by Gasteiger charge is -2.35. The summed E-state index contributed by atoms with van der Waals surface area (Å²) in [6.07, 6.45) is 8.18. The summed E-state index contributed by atoms with van der Waals surface area (Å²) >= 11 is 13.1. The van der Waals surface area contributed by atoms with Crippen LogP contribution in [0.5, 0.6) is 0 Å². The Kier molecular flexibility index (Phi) is 5.34. The van der Waals surface area contributed by atoms with Crippen LogP contribution in [0, 0.1) is 5.41 Å². The van der Waals surface area contributed by atoms with Gasteiger partial charge in [-0.25, -0.2) is 4.98 Å². The highest BCUT2D eigenvalue weighted by Gasteiger charge is 2.31. The van der Waals surface area contributed by atoms with Gasteiger partial charge in [-0.2, -0.15) is 0 Å². The fourth-order valence-electron chi connectivity index (χ4n) is 2.48. The van der Waals surface area contributed by atoms with Crippen molar-refractivity contribution < 1.29 is 0 Å². The summed E-state index contributed by atoms with van der Waals surface area (Å²) in [7, 11) is 0. The highest BCUT2D eigenvalue weighted by atomic mass is 79.9. The van der Waals surface area contributed by atoms with E-state index in [9.17, 15) is 0 Å². The number of aromatic nitrogens is 1. The molecule has 0 bridgehead atoms. The molecule has 0 aliphatic heterocycles. The van der Waals surface area contributed by atoms with E-state index >= 15 is 0 Å². The highest BCUT2D eigenvalue weighted by molar-refractivity contribution is 9.11. The quantitative estimate of drug-likeness (QED) is 0.707. The predicted molar refractivity (Wildman–Crippen MR) is 84.4 cm³/mol. The van der Waals surface area contributed by atoms with Crippen LogP contribution in [0.15, 0.2) is 21.2 Å². The van der Waals surface area contributed by atoms with Crippen LogP contribution < -0.4 is 5.32 Å². The first-order valence-corrected chi connectivity index (χ1v) is 8.38. The molecule has 0 atom stereocenters. The molecule has 0 amide bonds. The van der Waals surface area contributed by atoms with E-state index in [1.54, 1.807) is 6.20 Å². The van der Waals surface area contributed by atoms with Gasteiger partial charge >= 0.3 is 0 Å². The average Bonchev–Trinajstić information content (AvgIpc) is 2.39. The van der Waals surface area contributed by atoms with Crippen LogP contribution in [0.1, 0.15) is 32.1 Å². The minimum atomic E-state index is 0.244. The van der Waals surface area contributed by atoms with Crippen molar-refractivity contribution >= 4 is 49.3 Å². The monoisotopic (exact) mass is 394 g/mol. The number of alkyl halides is 1. The summed E-state index contributed by atoms with van der Waals surface area (Å²) in [5.41, 5.74) is 0.244.